The molecule has 1 heterocycles. The van der Waals surface area contributed by atoms with Gasteiger partial charge in [0.15, 0.2) is 0 Å². The number of nitrogens with zero attached hydrogens (tertiary/aromatic N) is 1. The Balaban J connectivity index is 1.75. The molecule has 0 radical (unpaired) electrons. The van der Waals surface area contributed by atoms with Gasteiger partial charge in [-0.3, -0.25) is 4.79 Å². The Labute approximate surface area is 103 Å². The number of hydrogen-bond acceptors (Lipinski definition) is 1. The first-order valence-corrected chi connectivity index (χ1v) is 6.55. The van der Waals surface area contributed by atoms with Crippen LogP contribution in [0.3, 0.4) is 0 Å². The molecule has 1 aromatic rings. The van der Waals surface area contributed by atoms with E-state index in [9.17, 15) is 4.79 Å². The van der Waals surface area contributed by atoms with Crippen LogP contribution in [-0.4, -0.2) is 23.9 Å². The molecular formula is C15H19NO. The molecule has 2 fully saturated rings. The van der Waals surface area contributed by atoms with Crippen molar-refractivity contribution >= 4 is 5.91 Å². The summed E-state index contributed by atoms with van der Waals surface area (Å²) < 4.78 is 0. The van der Waals surface area contributed by atoms with Gasteiger partial charge in [-0.2, -0.15) is 0 Å². The molecule has 0 aromatic heterocycles. The van der Waals surface area contributed by atoms with Crippen molar-refractivity contribution in [1.29, 1.82) is 0 Å². The first-order chi connectivity index (χ1) is 8.19. The smallest absolute Gasteiger partial charge is 0.253 e. The minimum Gasteiger partial charge on any atom is -0.338 e. The maximum Gasteiger partial charge on any atom is 0.253 e. The Bertz CT molecular complexity index is 448. The van der Waals surface area contributed by atoms with Crippen molar-refractivity contribution in [1.82, 2.24) is 4.90 Å². The van der Waals surface area contributed by atoms with Gasteiger partial charge >= 0.3 is 0 Å². The number of aryl methyl sites for hydroxylation is 1. The fraction of sp³-hybridized carbons (Fsp3) is 0.533. The molecule has 1 aliphatic carbocycles. The van der Waals surface area contributed by atoms with Gasteiger partial charge in [-0.1, -0.05) is 24.1 Å². The molecule has 1 aromatic carbocycles. The molecule has 0 atom stereocenters. The zero-order valence-corrected chi connectivity index (χ0v) is 10.4. The fourth-order valence-corrected chi connectivity index (χ4v) is 3.15. The minimum absolute atomic E-state index is 0.220. The van der Waals surface area contributed by atoms with Crippen LogP contribution in [0.4, 0.5) is 0 Å². The van der Waals surface area contributed by atoms with E-state index in [1.165, 1.54) is 25.7 Å². The highest BCUT2D eigenvalue weighted by molar-refractivity contribution is 5.94. The van der Waals surface area contributed by atoms with Gasteiger partial charge in [0.05, 0.1) is 0 Å². The highest BCUT2D eigenvalue weighted by atomic mass is 16.2. The molecule has 2 heteroatoms. The Morgan fingerprint density at radius 3 is 2.71 bits per heavy atom. The third kappa shape index (κ3) is 1.86. The lowest BCUT2D eigenvalue weighted by Crippen LogP contribution is -2.35. The van der Waals surface area contributed by atoms with Crippen LogP contribution >= 0.6 is 0 Å². The van der Waals surface area contributed by atoms with E-state index in [2.05, 4.69) is 0 Å². The van der Waals surface area contributed by atoms with E-state index >= 15 is 0 Å². The number of amides is 1. The van der Waals surface area contributed by atoms with Gasteiger partial charge in [0.2, 0.25) is 0 Å². The number of hydrogen-bond donors (Lipinski definition) is 0. The second-order valence-electron chi connectivity index (χ2n) is 5.70. The van der Waals surface area contributed by atoms with Gasteiger partial charge in [0.1, 0.15) is 0 Å². The molecule has 0 unspecified atom stereocenters. The third-order valence-electron chi connectivity index (χ3n) is 4.40. The van der Waals surface area contributed by atoms with Crippen LogP contribution in [0.25, 0.3) is 0 Å². The molecule has 90 valence electrons. The quantitative estimate of drug-likeness (QED) is 0.725. The van der Waals surface area contributed by atoms with E-state index in [4.69, 9.17) is 0 Å². The largest absolute Gasteiger partial charge is 0.338 e. The molecule has 0 bridgehead atoms. The van der Waals surface area contributed by atoms with Crippen molar-refractivity contribution in [3.63, 3.8) is 0 Å². The number of rotatable bonds is 1. The van der Waals surface area contributed by atoms with Gasteiger partial charge in [0.25, 0.3) is 5.91 Å². The van der Waals surface area contributed by atoms with E-state index in [1.807, 2.05) is 36.1 Å². The van der Waals surface area contributed by atoms with Gasteiger partial charge in [-0.05, 0) is 43.7 Å². The highest BCUT2D eigenvalue weighted by Crippen LogP contribution is 2.48. The molecule has 1 saturated heterocycles. The summed E-state index contributed by atoms with van der Waals surface area (Å²) in [5.41, 5.74) is 2.51. The standard InChI is InChI=1S/C15H19NO/c1-12-4-2-5-13(10-12)14(17)16-9-8-15(11-16)6-3-7-15/h2,4-5,10H,3,6-9,11H2,1H3. The molecule has 2 nitrogen and oxygen atoms in total. The summed E-state index contributed by atoms with van der Waals surface area (Å²) in [7, 11) is 0. The van der Waals surface area contributed by atoms with Gasteiger partial charge < -0.3 is 4.90 Å². The summed E-state index contributed by atoms with van der Waals surface area (Å²) in [6.07, 6.45) is 5.21. The van der Waals surface area contributed by atoms with Crippen LogP contribution in [0, 0.1) is 12.3 Å². The normalized spacial score (nSPS) is 21.6. The van der Waals surface area contributed by atoms with E-state index < -0.39 is 0 Å². The summed E-state index contributed by atoms with van der Waals surface area (Å²) in [5.74, 6) is 0.220. The molecule has 1 amide bonds. The van der Waals surface area contributed by atoms with Crippen molar-refractivity contribution < 1.29 is 4.79 Å². The zero-order valence-electron chi connectivity index (χ0n) is 10.4. The Hall–Kier alpha value is -1.31. The van der Waals surface area contributed by atoms with Crippen LogP contribution in [-0.2, 0) is 0 Å². The van der Waals surface area contributed by atoms with Crippen LogP contribution in [0.1, 0.15) is 41.6 Å². The second kappa shape index (κ2) is 3.86. The summed E-state index contributed by atoms with van der Waals surface area (Å²) in [6, 6.07) is 7.93. The average Bonchev–Trinajstić information content (AvgIpc) is 2.73. The Morgan fingerprint density at radius 2 is 2.12 bits per heavy atom. The van der Waals surface area contributed by atoms with Crippen LogP contribution < -0.4 is 0 Å². The summed E-state index contributed by atoms with van der Waals surface area (Å²) >= 11 is 0. The molecular weight excluding hydrogens is 210 g/mol. The minimum atomic E-state index is 0.220. The summed E-state index contributed by atoms with van der Waals surface area (Å²) in [4.78, 5) is 14.4. The third-order valence-corrected chi connectivity index (χ3v) is 4.40. The first kappa shape index (κ1) is 10.8. The topological polar surface area (TPSA) is 20.3 Å². The average molecular weight is 229 g/mol. The Morgan fingerprint density at radius 1 is 1.29 bits per heavy atom. The highest BCUT2D eigenvalue weighted by Gasteiger charge is 2.44. The summed E-state index contributed by atoms with van der Waals surface area (Å²) in [6.45, 7) is 3.97. The fourth-order valence-electron chi connectivity index (χ4n) is 3.15. The number of likely N-dealkylation sites (tertiary alicyclic amines) is 1. The lowest BCUT2D eigenvalue weighted by atomic mass is 9.68. The van der Waals surface area contributed by atoms with Crippen molar-refractivity contribution in [2.45, 2.75) is 32.6 Å². The van der Waals surface area contributed by atoms with Crippen LogP contribution in [0.2, 0.25) is 0 Å². The monoisotopic (exact) mass is 229 g/mol. The van der Waals surface area contributed by atoms with E-state index in [0.29, 0.717) is 5.41 Å². The van der Waals surface area contributed by atoms with Crippen molar-refractivity contribution in [2.24, 2.45) is 5.41 Å². The zero-order chi connectivity index (χ0) is 11.9. The Kier molecular flexibility index (Phi) is 2.46. The number of carbonyl (C=O) groups excluding carboxylic acids is 1. The molecule has 3 rings (SSSR count). The van der Waals surface area contributed by atoms with E-state index in [0.717, 1.165) is 24.2 Å². The van der Waals surface area contributed by atoms with Crippen molar-refractivity contribution in [2.75, 3.05) is 13.1 Å². The predicted molar refractivity (Wildman–Crippen MR) is 68.0 cm³/mol. The lowest BCUT2D eigenvalue weighted by Gasteiger charge is -2.37. The van der Waals surface area contributed by atoms with Crippen LogP contribution in [0.5, 0.6) is 0 Å². The molecule has 2 aliphatic rings. The predicted octanol–water partition coefficient (Wildman–Crippen LogP) is 3.01. The SMILES string of the molecule is Cc1cccc(C(=O)N2CCC3(CCC3)C2)c1. The van der Waals surface area contributed by atoms with Gasteiger partial charge in [-0.25, -0.2) is 0 Å². The maximum absolute atomic E-state index is 12.4. The lowest BCUT2D eigenvalue weighted by molar-refractivity contribution is 0.0732. The number of benzene rings is 1. The van der Waals surface area contributed by atoms with Gasteiger partial charge in [-0.15, -0.1) is 0 Å². The van der Waals surface area contributed by atoms with Crippen molar-refractivity contribution in [3.8, 4) is 0 Å². The van der Waals surface area contributed by atoms with Crippen molar-refractivity contribution in [3.05, 3.63) is 35.4 Å². The summed E-state index contributed by atoms with van der Waals surface area (Å²) in [5, 5.41) is 0. The molecule has 0 N–H and O–H groups in total. The van der Waals surface area contributed by atoms with Gasteiger partial charge in [0, 0.05) is 18.7 Å². The van der Waals surface area contributed by atoms with E-state index in [1.54, 1.807) is 0 Å². The van der Waals surface area contributed by atoms with E-state index in [-0.39, 0.29) is 5.91 Å². The number of carbonyl (C=O) groups is 1. The first-order valence-electron chi connectivity index (χ1n) is 6.55. The maximum atomic E-state index is 12.4. The molecule has 1 spiro atoms. The second-order valence-corrected chi connectivity index (χ2v) is 5.70. The van der Waals surface area contributed by atoms with Crippen LogP contribution in [0.15, 0.2) is 24.3 Å². The molecule has 1 aliphatic heterocycles. The molecule has 17 heavy (non-hydrogen) atoms. The molecule has 1 saturated carbocycles.